The summed E-state index contributed by atoms with van der Waals surface area (Å²) in [6.45, 7) is 5.39. The number of carbonyl (C=O) groups is 1. The van der Waals surface area contributed by atoms with Crippen molar-refractivity contribution in [3.8, 4) is 6.07 Å². The number of hydrogen-bond acceptors (Lipinski definition) is 3. The van der Waals surface area contributed by atoms with E-state index in [1.807, 2.05) is 24.3 Å². The van der Waals surface area contributed by atoms with E-state index in [0.717, 1.165) is 23.1 Å². The van der Waals surface area contributed by atoms with Gasteiger partial charge in [0.1, 0.15) is 0 Å². The highest BCUT2D eigenvalue weighted by Gasteiger charge is 2.49. The van der Waals surface area contributed by atoms with Gasteiger partial charge in [-0.05, 0) is 54.5 Å². The highest BCUT2D eigenvalue weighted by atomic mass is 19.4. The van der Waals surface area contributed by atoms with Crippen LogP contribution in [0.5, 0.6) is 0 Å². The number of rotatable bonds is 4. The Morgan fingerprint density at radius 3 is 2.71 bits per heavy atom. The molecule has 1 aromatic rings. The molecule has 3 aliphatic rings. The van der Waals surface area contributed by atoms with E-state index in [0.29, 0.717) is 30.8 Å². The van der Waals surface area contributed by atoms with Crippen LogP contribution in [0.2, 0.25) is 0 Å². The molecular formula is C27H28F3N3O. The molecule has 0 N–H and O–H groups in total. The molecule has 4 rings (SSSR count). The lowest BCUT2D eigenvalue weighted by molar-refractivity contribution is -0.199. The SMILES string of the molecule is CC1C/C=C/N(CC2=CCC(C)(C(F)(F)F)C=C2)C(=O)C2=C1CN(Cc1cccc(C#N)c1)C2. The van der Waals surface area contributed by atoms with Crippen molar-refractivity contribution in [2.75, 3.05) is 19.6 Å². The predicted octanol–water partition coefficient (Wildman–Crippen LogP) is 5.51. The number of alkyl halides is 3. The lowest BCUT2D eigenvalue weighted by Crippen LogP contribution is -2.35. The first-order valence-electron chi connectivity index (χ1n) is 11.5. The summed E-state index contributed by atoms with van der Waals surface area (Å²) < 4.78 is 39.9. The Bertz CT molecular complexity index is 1140. The topological polar surface area (TPSA) is 47.3 Å². The molecule has 2 heterocycles. The Labute approximate surface area is 198 Å². The van der Waals surface area contributed by atoms with Gasteiger partial charge >= 0.3 is 6.18 Å². The normalized spacial score (nSPS) is 26.6. The fourth-order valence-electron chi connectivity index (χ4n) is 4.68. The van der Waals surface area contributed by atoms with E-state index < -0.39 is 11.6 Å². The van der Waals surface area contributed by atoms with Crippen molar-refractivity contribution in [1.29, 1.82) is 5.26 Å². The number of amides is 1. The zero-order valence-corrected chi connectivity index (χ0v) is 19.4. The summed E-state index contributed by atoms with van der Waals surface area (Å²) in [5, 5.41) is 9.16. The first kappa shape index (κ1) is 24.0. The van der Waals surface area contributed by atoms with Crippen LogP contribution in [-0.4, -0.2) is 41.5 Å². The second-order valence-corrected chi connectivity index (χ2v) is 9.65. The monoisotopic (exact) mass is 467 g/mol. The maximum Gasteiger partial charge on any atom is 0.397 e. The van der Waals surface area contributed by atoms with Crippen LogP contribution in [0.4, 0.5) is 13.2 Å². The van der Waals surface area contributed by atoms with Gasteiger partial charge in [-0.2, -0.15) is 18.4 Å². The fourth-order valence-corrected chi connectivity index (χ4v) is 4.68. The minimum Gasteiger partial charge on any atom is -0.311 e. The molecule has 34 heavy (non-hydrogen) atoms. The van der Waals surface area contributed by atoms with E-state index in [1.165, 1.54) is 19.1 Å². The molecule has 0 saturated heterocycles. The first-order valence-corrected chi connectivity index (χ1v) is 11.5. The smallest absolute Gasteiger partial charge is 0.311 e. The molecule has 7 heteroatoms. The molecule has 0 bridgehead atoms. The standard InChI is InChI=1S/C27H28F3N3O/c1-19-5-4-12-33(16-20-8-10-26(2,11-9-20)27(28,29)30)25(34)24-18-32(17-23(19)24)15-22-7-3-6-21(13-22)14-31/h3-4,6-10,12-13,19H,5,11,15-18H2,1-2H3/b12-4+. The number of halogens is 3. The number of nitrogens with zero attached hydrogens (tertiary/aromatic N) is 3. The van der Waals surface area contributed by atoms with E-state index in [2.05, 4.69) is 17.9 Å². The van der Waals surface area contributed by atoms with Crippen LogP contribution in [-0.2, 0) is 11.3 Å². The zero-order valence-electron chi connectivity index (χ0n) is 19.4. The van der Waals surface area contributed by atoms with Gasteiger partial charge in [-0.15, -0.1) is 0 Å². The van der Waals surface area contributed by atoms with E-state index >= 15 is 0 Å². The number of benzene rings is 1. The number of carbonyl (C=O) groups excluding carboxylic acids is 1. The highest BCUT2D eigenvalue weighted by molar-refractivity contribution is 5.96. The van der Waals surface area contributed by atoms with Gasteiger partial charge < -0.3 is 4.90 Å². The summed E-state index contributed by atoms with van der Waals surface area (Å²) in [6, 6.07) is 9.64. The summed E-state index contributed by atoms with van der Waals surface area (Å²) in [4.78, 5) is 17.3. The lowest BCUT2D eigenvalue weighted by atomic mass is 9.81. The largest absolute Gasteiger partial charge is 0.397 e. The summed E-state index contributed by atoms with van der Waals surface area (Å²) in [6.07, 6.45) is 4.40. The van der Waals surface area contributed by atoms with Crippen LogP contribution < -0.4 is 0 Å². The van der Waals surface area contributed by atoms with Gasteiger partial charge in [-0.3, -0.25) is 9.69 Å². The second kappa shape index (κ2) is 9.27. The maximum atomic E-state index is 13.5. The van der Waals surface area contributed by atoms with Crippen molar-refractivity contribution in [1.82, 2.24) is 9.80 Å². The Hall–Kier alpha value is -3.11. The second-order valence-electron chi connectivity index (χ2n) is 9.65. The Morgan fingerprint density at radius 1 is 1.24 bits per heavy atom. The first-order chi connectivity index (χ1) is 16.1. The Morgan fingerprint density at radius 2 is 2.03 bits per heavy atom. The lowest BCUT2D eigenvalue weighted by Gasteiger charge is -2.31. The summed E-state index contributed by atoms with van der Waals surface area (Å²) in [5.74, 6) is 0.138. The quantitative estimate of drug-likeness (QED) is 0.587. The third kappa shape index (κ3) is 4.88. The van der Waals surface area contributed by atoms with Crippen LogP contribution in [0.1, 0.15) is 37.8 Å². The van der Waals surface area contributed by atoms with E-state index in [9.17, 15) is 18.0 Å². The molecule has 0 radical (unpaired) electrons. The fraction of sp³-hybridized carbons (Fsp3) is 0.407. The molecule has 0 fully saturated rings. The van der Waals surface area contributed by atoms with Gasteiger partial charge in [0, 0.05) is 31.4 Å². The van der Waals surface area contributed by atoms with Crippen molar-refractivity contribution >= 4 is 5.91 Å². The average Bonchev–Trinajstić information content (AvgIpc) is 3.21. The highest BCUT2D eigenvalue weighted by Crippen LogP contribution is 2.44. The van der Waals surface area contributed by atoms with E-state index in [1.54, 1.807) is 23.2 Å². The number of hydrogen-bond donors (Lipinski definition) is 0. The number of allylic oxidation sites excluding steroid dienone is 3. The van der Waals surface area contributed by atoms with Crippen molar-refractivity contribution in [3.05, 3.63) is 82.6 Å². The molecule has 1 amide bonds. The molecule has 2 atom stereocenters. The molecule has 0 spiro atoms. The van der Waals surface area contributed by atoms with Crippen molar-refractivity contribution in [2.45, 2.75) is 39.4 Å². The van der Waals surface area contributed by atoms with Gasteiger partial charge in [0.15, 0.2) is 0 Å². The third-order valence-electron chi connectivity index (χ3n) is 6.97. The van der Waals surface area contributed by atoms with Crippen LogP contribution in [0.15, 0.2) is 71.5 Å². The molecular weight excluding hydrogens is 439 g/mol. The maximum absolute atomic E-state index is 13.5. The van der Waals surface area contributed by atoms with E-state index in [4.69, 9.17) is 5.26 Å². The van der Waals surface area contributed by atoms with E-state index in [-0.39, 0.29) is 24.8 Å². The molecule has 2 aliphatic heterocycles. The summed E-state index contributed by atoms with van der Waals surface area (Å²) in [7, 11) is 0. The van der Waals surface area contributed by atoms with Crippen LogP contribution >= 0.6 is 0 Å². The molecule has 1 aromatic carbocycles. The van der Waals surface area contributed by atoms with Crippen LogP contribution in [0.25, 0.3) is 0 Å². The Balaban J connectivity index is 1.48. The van der Waals surface area contributed by atoms with Crippen molar-refractivity contribution in [2.24, 2.45) is 11.3 Å². The molecule has 178 valence electrons. The predicted molar refractivity (Wildman–Crippen MR) is 124 cm³/mol. The van der Waals surface area contributed by atoms with Gasteiger partial charge in [0.05, 0.1) is 23.6 Å². The minimum atomic E-state index is -4.31. The van der Waals surface area contributed by atoms with Crippen LogP contribution in [0, 0.1) is 22.7 Å². The van der Waals surface area contributed by atoms with Crippen LogP contribution in [0.3, 0.4) is 0 Å². The molecule has 1 aliphatic carbocycles. The van der Waals surface area contributed by atoms with Crippen molar-refractivity contribution in [3.63, 3.8) is 0 Å². The summed E-state index contributed by atoms with van der Waals surface area (Å²) >= 11 is 0. The molecule has 0 saturated carbocycles. The summed E-state index contributed by atoms with van der Waals surface area (Å²) in [5.41, 5.74) is 2.36. The number of nitriles is 1. The molecule has 2 unspecified atom stereocenters. The van der Waals surface area contributed by atoms with Crippen molar-refractivity contribution < 1.29 is 18.0 Å². The van der Waals surface area contributed by atoms with Gasteiger partial charge in [0.25, 0.3) is 5.91 Å². The zero-order chi connectivity index (χ0) is 24.5. The third-order valence-corrected chi connectivity index (χ3v) is 6.97. The van der Waals surface area contributed by atoms with Gasteiger partial charge in [-0.25, -0.2) is 0 Å². The van der Waals surface area contributed by atoms with Gasteiger partial charge in [-0.1, -0.05) is 43.4 Å². The minimum absolute atomic E-state index is 0.0930. The van der Waals surface area contributed by atoms with Gasteiger partial charge in [0.2, 0.25) is 0 Å². The molecule has 0 aromatic heterocycles. The Kier molecular flexibility index (Phi) is 6.55. The average molecular weight is 468 g/mol. The molecule has 4 nitrogen and oxygen atoms in total.